The van der Waals surface area contributed by atoms with Gasteiger partial charge in [-0.1, -0.05) is 60.2 Å². The van der Waals surface area contributed by atoms with Crippen LogP contribution in [0.25, 0.3) is 33.3 Å². The number of fused-ring (bicyclic) bond motifs is 1. The Morgan fingerprint density at radius 3 is 2.33 bits per heavy atom. The van der Waals surface area contributed by atoms with E-state index < -0.39 is 29.7 Å². The summed E-state index contributed by atoms with van der Waals surface area (Å²) >= 11 is -0.141. The lowest BCUT2D eigenvalue weighted by Crippen LogP contribution is -2.41. The van der Waals surface area contributed by atoms with Gasteiger partial charge in [0.25, 0.3) is 0 Å². The second-order valence-electron chi connectivity index (χ2n) is 11.1. The maximum atomic E-state index is 14.4. The Morgan fingerprint density at radius 2 is 1.62 bits per heavy atom. The maximum Gasteiger partial charge on any atom is 0.494 e. The predicted molar refractivity (Wildman–Crippen MR) is 164 cm³/mol. The van der Waals surface area contributed by atoms with Crippen LogP contribution in [0.5, 0.6) is 0 Å². The first-order chi connectivity index (χ1) is 19.1. The first kappa shape index (κ1) is 26.9. The molecule has 0 N–H and O–H groups in total. The Balaban J connectivity index is 1.62. The van der Waals surface area contributed by atoms with Gasteiger partial charge in [0.15, 0.2) is 4.90 Å². The number of aromatic nitrogens is 1. The fourth-order valence-corrected chi connectivity index (χ4v) is 7.05. The molecule has 1 atom stereocenters. The van der Waals surface area contributed by atoms with E-state index in [0.717, 1.165) is 44.3 Å². The number of aryl methyl sites for hydroxylation is 1. The molecular weight excluding hydrogens is 535 g/mol. The molecule has 3 aromatic carbocycles. The molecule has 6 rings (SSSR count). The highest BCUT2D eigenvalue weighted by Crippen LogP contribution is 2.45. The van der Waals surface area contributed by atoms with Crippen LogP contribution >= 0.6 is 11.3 Å². The summed E-state index contributed by atoms with van der Waals surface area (Å²) in [5, 5.41) is 12.8. The summed E-state index contributed by atoms with van der Waals surface area (Å²) in [6, 6.07) is 28.1. The Kier molecular flexibility index (Phi) is 6.69. The van der Waals surface area contributed by atoms with Crippen LogP contribution in [-0.2, 0) is 20.7 Å². The Morgan fingerprint density at radius 1 is 0.925 bits per heavy atom. The molecule has 3 heterocycles. The van der Waals surface area contributed by atoms with E-state index in [1.54, 1.807) is 0 Å². The highest BCUT2D eigenvalue weighted by Gasteiger charge is 2.51. The zero-order valence-corrected chi connectivity index (χ0v) is 24.7. The average molecular weight is 565 g/mol. The molecule has 0 bridgehead atoms. The minimum absolute atomic E-state index is 0.473. The van der Waals surface area contributed by atoms with E-state index in [9.17, 15) is 9.81 Å². The standard InChI is InChI=1S/C32H29BN2O3S2/c1-21-13-15-24(16-14-21)40(36)35-27-12-7-6-11-25(27)29(26-17-18-39-28(26)20-34)30(35)22-9-8-10-23(19-22)33-37-31(2,3)32(4,5)38-33/h6-19H,1-5H3. The molecule has 8 heteroatoms. The smallest absolute Gasteiger partial charge is 0.494 e. The quantitative estimate of drug-likeness (QED) is 0.169. The van der Waals surface area contributed by atoms with Crippen molar-refractivity contribution in [3.63, 3.8) is 0 Å². The first-order valence-electron chi connectivity index (χ1n) is 13.2. The molecular formula is C32H29BN2O3S2. The van der Waals surface area contributed by atoms with E-state index in [4.69, 9.17) is 9.31 Å². The summed E-state index contributed by atoms with van der Waals surface area (Å²) in [7, 11) is -0.537. The number of nitrogens with zero attached hydrogens (tertiary/aromatic N) is 2. The minimum atomic E-state index is -1.55. The third-order valence-corrected chi connectivity index (χ3v) is 10.1. The largest absolute Gasteiger partial charge is 0.587 e. The van der Waals surface area contributed by atoms with Gasteiger partial charge in [-0.3, -0.25) is 0 Å². The highest BCUT2D eigenvalue weighted by atomic mass is 32.2. The van der Waals surface area contributed by atoms with Crippen molar-refractivity contribution in [3.8, 4) is 28.5 Å². The van der Waals surface area contributed by atoms with Crippen molar-refractivity contribution < 1.29 is 13.9 Å². The highest BCUT2D eigenvalue weighted by molar-refractivity contribution is 7.90. The summed E-state index contributed by atoms with van der Waals surface area (Å²) in [5.41, 5.74) is 5.25. The lowest BCUT2D eigenvalue weighted by atomic mass is 9.78. The zero-order chi connectivity index (χ0) is 28.2. The summed E-state index contributed by atoms with van der Waals surface area (Å²) in [5.74, 6) is 0. The molecule has 1 unspecified atom stereocenters. The van der Waals surface area contributed by atoms with Gasteiger partial charge >= 0.3 is 7.12 Å². The SMILES string of the molecule is Cc1ccc([S+]([O-])n2c(-c3cccc(B4OC(C)(C)C(C)(C)O4)c3)c(-c3ccsc3C#N)c3ccccc32)cc1. The van der Waals surface area contributed by atoms with Gasteiger partial charge in [0.2, 0.25) is 0 Å². The Hall–Kier alpha value is -3.32. The second kappa shape index (κ2) is 9.95. The molecule has 1 aliphatic rings. The minimum Gasteiger partial charge on any atom is -0.587 e. The molecule has 0 amide bonds. The second-order valence-corrected chi connectivity index (χ2v) is 13.3. The fourth-order valence-electron chi connectivity index (χ4n) is 5.08. The van der Waals surface area contributed by atoms with E-state index in [0.29, 0.717) is 9.77 Å². The molecule has 0 aliphatic carbocycles. The third-order valence-electron chi connectivity index (χ3n) is 7.94. The molecule has 0 saturated carbocycles. The third kappa shape index (κ3) is 4.39. The van der Waals surface area contributed by atoms with Crippen LogP contribution in [0.2, 0.25) is 0 Å². The van der Waals surface area contributed by atoms with Gasteiger partial charge < -0.3 is 13.9 Å². The topological polar surface area (TPSA) is 70.2 Å². The van der Waals surface area contributed by atoms with Gasteiger partial charge in [-0.15, -0.1) is 11.3 Å². The molecule has 200 valence electrons. The van der Waals surface area contributed by atoms with Crippen LogP contribution in [0.15, 0.2) is 89.1 Å². The van der Waals surface area contributed by atoms with Crippen molar-refractivity contribution in [1.82, 2.24) is 3.97 Å². The number of benzene rings is 3. The number of para-hydroxylation sites is 1. The van der Waals surface area contributed by atoms with Gasteiger partial charge in [-0.25, -0.2) is 0 Å². The lowest BCUT2D eigenvalue weighted by Gasteiger charge is -2.32. The average Bonchev–Trinajstić information content (AvgIpc) is 3.60. The number of nitriles is 1. The molecule has 2 aromatic heterocycles. The van der Waals surface area contributed by atoms with E-state index in [1.807, 2.05) is 117 Å². The molecule has 1 saturated heterocycles. The summed E-state index contributed by atoms with van der Waals surface area (Å²) in [6.07, 6.45) is 0. The number of hydrogen-bond donors (Lipinski definition) is 0. The maximum absolute atomic E-state index is 14.4. The molecule has 1 fully saturated rings. The van der Waals surface area contributed by atoms with E-state index in [2.05, 4.69) is 12.1 Å². The van der Waals surface area contributed by atoms with Gasteiger partial charge in [0.1, 0.15) is 28.0 Å². The number of thiophene rings is 1. The van der Waals surface area contributed by atoms with Crippen LogP contribution < -0.4 is 5.46 Å². The van der Waals surface area contributed by atoms with Crippen molar-refractivity contribution in [2.75, 3.05) is 0 Å². The number of rotatable bonds is 5. The van der Waals surface area contributed by atoms with E-state index in [1.165, 1.54) is 11.3 Å². The van der Waals surface area contributed by atoms with Crippen LogP contribution in [-0.4, -0.2) is 26.8 Å². The molecule has 5 nitrogen and oxygen atoms in total. The fraction of sp³-hybridized carbons (Fsp3) is 0.219. The monoisotopic (exact) mass is 564 g/mol. The molecule has 0 radical (unpaired) electrons. The van der Waals surface area contributed by atoms with Crippen molar-refractivity contribution >= 4 is 46.2 Å². The van der Waals surface area contributed by atoms with E-state index in [-0.39, 0.29) is 0 Å². The Labute approximate surface area is 242 Å². The van der Waals surface area contributed by atoms with E-state index >= 15 is 0 Å². The summed E-state index contributed by atoms with van der Waals surface area (Å²) in [4.78, 5) is 1.32. The van der Waals surface area contributed by atoms with Crippen molar-refractivity contribution in [2.45, 2.75) is 50.7 Å². The van der Waals surface area contributed by atoms with Crippen LogP contribution in [0, 0.1) is 18.3 Å². The van der Waals surface area contributed by atoms with Crippen molar-refractivity contribution in [1.29, 1.82) is 5.26 Å². The van der Waals surface area contributed by atoms with Gasteiger partial charge in [0.05, 0.1) is 16.7 Å². The van der Waals surface area contributed by atoms with Crippen molar-refractivity contribution in [3.05, 3.63) is 94.7 Å². The molecule has 1 aliphatic heterocycles. The first-order valence-corrected chi connectivity index (χ1v) is 15.2. The lowest BCUT2D eigenvalue weighted by molar-refractivity contribution is 0.00578. The zero-order valence-electron chi connectivity index (χ0n) is 23.1. The van der Waals surface area contributed by atoms with Gasteiger partial charge in [-0.2, -0.15) is 9.23 Å². The van der Waals surface area contributed by atoms with Crippen molar-refractivity contribution in [2.24, 2.45) is 0 Å². The predicted octanol–water partition coefficient (Wildman–Crippen LogP) is 7.09. The Bertz CT molecular complexity index is 1750. The van der Waals surface area contributed by atoms with Crippen LogP contribution in [0.3, 0.4) is 0 Å². The molecule has 0 spiro atoms. The van der Waals surface area contributed by atoms with Crippen LogP contribution in [0.1, 0.15) is 38.1 Å². The molecule has 5 aromatic rings. The normalized spacial score (nSPS) is 16.8. The van der Waals surface area contributed by atoms with Crippen LogP contribution in [0.4, 0.5) is 0 Å². The summed E-state index contributed by atoms with van der Waals surface area (Å²) < 4.78 is 29.0. The van der Waals surface area contributed by atoms with Gasteiger partial charge in [0, 0.05) is 22.1 Å². The van der Waals surface area contributed by atoms with Gasteiger partial charge in [-0.05, 0) is 69.7 Å². The molecule has 40 heavy (non-hydrogen) atoms. The summed E-state index contributed by atoms with van der Waals surface area (Å²) in [6.45, 7) is 10.2. The number of hydrogen-bond acceptors (Lipinski definition) is 5.